The molecule has 0 radical (unpaired) electrons. The van der Waals surface area contributed by atoms with Crippen LogP contribution >= 0.6 is 0 Å². The molecular formula is C20H24N2O3S. The van der Waals surface area contributed by atoms with Gasteiger partial charge in [-0.15, -0.1) is 0 Å². The first-order chi connectivity index (χ1) is 12.1. The molecule has 0 heterocycles. The number of hydrogen-bond donors (Lipinski definition) is 2. The average molecular weight is 372 g/mol. The third-order valence-electron chi connectivity index (χ3n) is 4.36. The van der Waals surface area contributed by atoms with E-state index in [9.17, 15) is 13.2 Å². The fourth-order valence-corrected chi connectivity index (χ4v) is 3.65. The lowest BCUT2D eigenvalue weighted by Crippen LogP contribution is -2.16. The van der Waals surface area contributed by atoms with Crippen LogP contribution in [0.3, 0.4) is 0 Å². The number of nitrogens with one attached hydrogen (secondary N) is 2. The van der Waals surface area contributed by atoms with Crippen molar-refractivity contribution in [1.29, 1.82) is 0 Å². The minimum atomic E-state index is -3.69. The lowest BCUT2D eigenvalue weighted by molar-refractivity contribution is -0.117. The summed E-state index contributed by atoms with van der Waals surface area (Å²) in [6, 6.07) is 13.6. The van der Waals surface area contributed by atoms with E-state index in [1.54, 1.807) is 36.4 Å². The fourth-order valence-electron chi connectivity index (χ4n) is 2.60. The Kier molecular flexibility index (Phi) is 4.80. The third kappa shape index (κ3) is 4.43. The van der Waals surface area contributed by atoms with Crippen LogP contribution in [-0.2, 0) is 20.2 Å². The maximum atomic E-state index is 12.6. The summed E-state index contributed by atoms with van der Waals surface area (Å²) >= 11 is 0. The molecule has 2 N–H and O–H groups in total. The number of anilines is 2. The van der Waals surface area contributed by atoms with Crippen LogP contribution in [0, 0.1) is 5.92 Å². The van der Waals surface area contributed by atoms with Gasteiger partial charge in [0, 0.05) is 11.6 Å². The van der Waals surface area contributed by atoms with Crippen LogP contribution in [0.5, 0.6) is 0 Å². The van der Waals surface area contributed by atoms with Crippen molar-refractivity contribution in [1.82, 2.24) is 0 Å². The van der Waals surface area contributed by atoms with Crippen molar-refractivity contribution in [3.8, 4) is 0 Å². The van der Waals surface area contributed by atoms with Gasteiger partial charge in [-0.1, -0.05) is 39.0 Å². The summed E-state index contributed by atoms with van der Waals surface area (Å²) in [7, 11) is -3.69. The van der Waals surface area contributed by atoms with E-state index in [2.05, 4.69) is 30.8 Å². The van der Waals surface area contributed by atoms with Crippen molar-refractivity contribution in [2.24, 2.45) is 5.92 Å². The van der Waals surface area contributed by atoms with Gasteiger partial charge in [-0.25, -0.2) is 8.42 Å². The molecule has 138 valence electrons. The summed E-state index contributed by atoms with van der Waals surface area (Å²) in [5.41, 5.74) is 2.04. The molecule has 2 aromatic rings. The first-order valence-corrected chi connectivity index (χ1v) is 10.2. The molecule has 0 bridgehead atoms. The summed E-state index contributed by atoms with van der Waals surface area (Å²) < 4.78 is 27.8. The smallest absolute Gasteiger partial charge is 0.261 e. The standard InChI is InChI=1S/C20H24N2O3S/c1-20(2,3)15-9-11-18(12-10-15)26(24,25)22-17-6-4-5-16(13-17)21-19(23)14-7-8-14/h4-6,9-14,22H,7-8H2,1-3H3,(H,21,23). The highest BCUT2D eigenvalue weighted by atomic mass is 32.2. The number of carbonyl (C=O) groups excluding carboxylic acids is 1. The van der Waals surface area contributed by atoms with E-state index < -0.39 is 10.0 Å². The molecule has 0 spiro atoms. The summed E-state index contributed by atoms with van der Waals surface area (Å²) in [6.07, 6.45) is 1.84. The number of benzene rings is 2. The highest BCUT2D eigenvalue weighted by Gasteiger charge is 2.29. The summed E-state index contributed by atoms with van der Waals surface area (Å²) in [6.45, 7) is 6.24. The van der Waals surface area contributed by atoms with Gasteiger partial charge in [-0.2, -0.15) is 0 Å². The molecule has 1 aliphatic rings. The SMILES string of the molecule is CC(C)(C)c1ccc(S(=O)(=O)Nc2cccc(NC(=O)C3CC3)c2)cc1. The predicted octanol–water partition coefficient (Wildman–Crippen LogP) is 4.13. The average Bonchev–Trinajstić information content (AvgIpc) is 3.39. The largest absolute Gasteiger partial charge is 0.326 e. The molecule has 1 saturated carbocycles. The number of sulfonamides is 1. The summed E-state index contributed by atoms with van der Waals surface area (Å²) in [4.78, 5) is 12.1. The minimum Gasteiger partial charge on any atom is -0.326 e. The van der Waals surface area contributed by atoms with E-state index in [0.717, 1.165) is 18.4 Å². The van der Waals surface area contributed by atoms with Gasteiger partial charge in [0.1, 0.15) is 0 Å². The van der Waals surface area contributed by atoms with Crippen LogP contribution in [0.2, 0.25) is 0 Å². The van der Waals surface area contributed by atoms with Crippen molar-refractivity contribution in [2.45, 2.75) is 43.9 Å². The molecule has 2 aromatic carbocycles. The van der Waals surface area contributed by atoms with Crippen molar-refractivity contribution in [3.05, 3.63) is 54.1 Å². The van der Waals surface area contributed by atoms with Crippen LogP contribution in [0.25, 0.3) is 0 Å². The molecular weight excluding hydrogens is 348 g/mol. The van der Waals surface area contributed by atoms with Crippen LogP contribution in [0.1, 0.15) is 39.2 Å². The Morgan fingerprint density at radius 1 is 1.00 bits per heavy atom. The van der Waals surface area contributed by atoms with Gasteiger partial charge >= 0.3 is 0 Å². The lowest BCUT2D eigenvalue weighted by atomic mass is 9.87. The molecule has 0 aliphatic heterocycles. The molecule has 6 heteroatoms. The number of rotatable bonds is 5. The van der Waals surface area contributed by atoms with Crippen molar-refractivity contribution >= 4 is 27.3 Å². The van der Waals surface area contributed by atoms with Gasteiger partial charge in [-0.3, -0.25) is 9.52 Å². The molecule has 5 nitrogen and oxygen atoms in total. The second kappa shape index (κ2) is 6.76. The molecule has 0 saturated heterocycles. The quantitative estimate of drug-likeness (QED) is 0.828. The number of amides is 1. The van der Waals surface area contributed by atoms with Gasteiger partial charge in [0.2, 0.25) is 5.91 Å². The Hall–Kier alpha value is -2.34. The third-order valence-corrected chi connectivity index (χ3v) is 5.76. The predicted molar refractivity (Wildman–Crippen MR) is 104 cm³/mol. The number of carbonyl (C=O) groups is 1. The highest BCUT2D eigenvalue weighted by Crippen LogP contribution is 2.30. The Balaban J connectivity index is 1.75. The second-order valence-corrected chi connectivity index (χ2v) is 9.41. The summed E-state index contributed by atoms with van der Waals surface area (Å²) in [5.74, 6) is 0.0828. The zero-order chi connectivity index (χ0) is 18.9. The topological polar surface area (TPSA) is 75.3 Å². The Morgan fingerprint density at radius 2 is 1.62 bits per heavy atom. The van der Waals surface area contributed by atoms with Gasteiger partial charge in [0.25, 0.3) is 10.0 Å². The fraction of sp³-hybridized carbons (Fsp3) is 0.350. The second-order valence-electron chi connectivity index (χ2n) is 7.72. The van der Waals surface area contributed by atoms with Crippen LogP contribution in [-0.4, -0.2) is 14.3 Å². The normalized spacial score (nSPS) is 14.7. The molecule has 1 amide bonds. The highest BCUT2D eigenvalue weighted by molar-refractivity contribution is 7.92. The first-order valence-electron chi connectivity index (χ1n) is 8.69. The minimum absolute atomic E-state index is 0.0113. The van der Waals surface area contributed by atoms with E-state index in [1.807, 2.05) is 12.1 Å². The molecule has 1 fully saturated rings. The molecule has 0 unspecified atom stereocenters. The van der Waals surface area contributed by atoms with Crippen molar-refractivity contribution < 1.29 is 13.2 Å². The maximum absolute atomic E-state index is 12.6. The Bertz CT molecular complexity index is 909. The zero-order valence-corrected chi connectivity index (χ0v) is 16.1. The molecule has 3 rings (SSSR count). The van der Waals surface area contributed by atoms with Crippen molar-refractivity contribution in [3.63, 3.8) is 0 Å². The van der Waals surface area contributed by atoms with E-state index in [4.69, 9.17) is 0 Å². The molecule has 26 heavy (non-hydrogen) atoms. The molecule has 0 aromatic heterocycles. The van der Waals surface area contributed by atoms with E-state index in [-0.39, 0.29) is 22.1 Å². The van der Waals surface area contributed by atoms with E-state index >= 15 is 0 Å². The monoisotopic (exact) mass is 372 g/mol. The molecule has 1 aliphatic carbocycles. The van der Waals surface area contributed by atoms with Crippen LogP contribution < -0.4 is 10.0 Å². The molecule has 0 atom stereocenters. The first kappa shape index (κ1) is 18.5. The van der Waals surface area contributed by atoms with E-state index in [0.29, 0.717) is 11.4 Å². The Labute approximate surface area is 154 Å². The van der Waals surface area contributed by atoms with Gasteiger partial charge < -0.3 is 5.32 Å². The van der Waals surface area contributed by atoms with Crippen LogP contribution in [0.4, 0.5) is 11.4 Å². The van der Waals surface area contributed by atoms with Gasteiger partial charge in [0.15, 0.2) is 0 Å². The van der Waals surface area contributed by atoms with E-state index in [1.165, 1.54) is 0 Å². The summed E-state index contributed by atoms with van der Waals surface area (Å²) in [5, 5.41) is 2.82. The van der Waals surface area contributed by atoms with Crippen LogP contribution in [0.15, 0.2) is 53.4 Å². The lowest BCUT2D eigenvalue weighted by Gasteiger charge is -2.19. The van der Waals surface area contributed by atoms with Crippen molar-refractivity contribution in [2.75, 3.05) is 10.0 Å². The Morgan fingerprint density at radius 3 is 2.19 bits per heavy atom. The van der Waals surface area contributed by atoms with Gasteiger partial charge in [0.05, 0.1) is 10.6 Å². The number of hydrogen-bond acceptors (Lipinski definition) is 3. The zero-order valence-electron chi connectivity index (χ0n) is 15.2. The maximum Gasteiger partial charge on any atom is 0.261 e. The van der Waals surface area contributed by atoms with Gasteiger partial charge in [-0.05, 0) is 54.2 Å².